The summed E-state index contributed by atoms with van der Waals surface area (Å²) in [4.78, 5) is 19.6. The number of rotatable bonds is 7. The average Bonchev–Trinajstić information content (AvgIpc) is 3.45. The topological polar surface area (TPSA) is 51.7 Å². The van der Waals surface area contributed by atoms with Gasteiger partial charge in [-0.3, -0.25) is 4.79 Å². The Labute approximate surface area is 170 Å². The molecule has 0 N–H and O–H groups in total. The first kappa shape index (κ1) is 19.4. The van der Waals surface area contributed by atoms with Gasteiger partial charge in [-0.2, -0.15) is 0 Å². The number of ether oxygens (including phenoxy) is 2. The monoisotopic (exact) mass is 400 g/mol. The van der Waals surface area contributed by atoms with Crippen LogP contribution in [0.1, 0.15) is 48.4 Å². The molecule has 2 fully saturated rings. The molecule has 2 aliphatic rings. The minimum atomic E-state index is 0.156. The van der Waals surface area contributed by atoms with Crippen LogP contribution in [0.5, 0.6) is 5.75 Å². The van der Waals surface area contributed by atoms with E-state index < -0.39 is 0 Å². The molecule has 6 heteroatoms. The second-order valence-corrected chi connectivity index (χ2v) is 8.80. The summed E-state index contributed by atoms with van der Waals surface area (Å²) in [5.41, 5.74) is 2.03. The van der Waals surface area contributed by atoms with Crippen molar-refractivity contribution < 1.29 is 14.3 Å². The van der Waals surface area contributed by atoms with E-state index >= 15 is 0 Å². The second-order valence-electron chi connectivity index (χ2n) is 7.74. The summed E-state index contributed by atoms with van der Waals surface area (Å²) in [7, 11) is 0. The number of thiazole rings is 1. The molecule has 1 aromatic heterocycles. The third kappa shape index (κ3) is 4.92. The molecular formula is C22H28N2O3S. The third-order valence-corrected chi connectivity index (χ3v) is 6.37. The predicted molar refractivity (Wildman–Crippen MR) is 110 cm³/mol. The zero-order chi connectivity index (χ0) is 19.3. The summed E-state index contributed by atoms with van der Waals surface area (Å²) in [5, 5.41) is 3.01. The van der Waals surface area contributed by atoms with Gasteiger partial charge in [0.1, 0.15) is 11.9 Å². The molecular weight excluding hydrogens is 372 g/mol. The van der Waals surface area contributed by atoms with Crippen molar-refractivity contribution in [2.75, 3.05) is 13.2 Å². The summed E-state index contributed by atoms with van der Waals surface area (Å²) in [6.45, 7) is 4.08. The Bertz CT molecular complexity index is 777. The van der Waals surface area contributed by atoms with Gasteiger partial charge in [-0.15, -0.1) is 11.3 Å². The summed E-state index contributed by atoms with van der Waals surface area (Å²) in [5.74, 6) is 1.05. The molecule has 2 heterocycles. The fourth-order valence-electron chi connectivity index (χ4n) is 4.05. The van der Waals surface area contributed by atoms with Gasteiger partial charge in [0.15, 0.2) is 0 Å². The lowest BCUT2D eigenvalue weighted by atomic mass is 10.1. The number of carbonyl (C=O) groups is 1. The molecule has 28 heavy (non-hydrogen) atoms. The van der Waals surface area contributed by atoms with Crippen LogP contribution < -0.4 is 4.74 Å². The number of hydrogen-bond acceptors (Lipinski definition) is 5. The summed E-state index contributed by atoms with van der Waals surface area (Å²) in [6, 6.07) is 8.52. The summed E-state index contributed by atoms with van der Waals surface area (Å²) >= 11 is 1.60. The zero-order valence-corrected chi connectivity index (χ0v) is 17.2. The van der Waals surface area contributed by atoms with Crippen LogP contribution in [0.3, 0.4) is 0 Å². The number of benzene rings is 1. The molecule has 0 bridgehead atoms. The van der Waals surface area contributed by atoms with Gasteiger partial charge in [-0.1, -0.05) is 25.0 Å². The van der Waals surface area contributed by atoms with Gasteiger partial charge in [-0.05, 0) is 37.5 Å². The van der Waals surface area contributed by atoms with E-state index in [4.69, 9.17) is 9.47 Å². The van der Waals surface area contributed by atoms with Crippen LogP contribution in [0, 0.1) is 6.92 Å². The van der Waals surface area contributed by atoms with Gasteiger partial charge >= 0.3 is 0 Å². The molecule has 1 aromatic carbocycles. The Morgan fingerprint density at radius 3 is 2.68 bits per heavy atom. The normalized spacial score (nSPS) is 19.8. The highest BCUT2D eigenvalue weighted by atomic mass is 32.1. The Kier molecular flexibility index (Phi) is 6.27. The Hall–Kier alpha value is -1.92. The van der Waals surface area contributed by atoms with Crippen molar-refractivity contribution >= 4 is 17.2 Å². The molecule has 1 saturated heterocycles. The third-order valence-electron chi connectivity index (χ3n) is 5.55. The Balaban J connectivity index is 1.42. The van der Waals surface area contributed by atoms with E-state index in [-0.39, 0.29) is 12.0 Å². The van der Waals surface area contributed by atoms with Crippen molar-refractivity contribution in [3.63, 3.8) is 0 Å². The molecule has 1 saturated carbocycles. The van der Waals surface area contributed by atoms with E-state index in [2.05, 4.69) is 22.0 Å². The van der Waals surface area contributed by atoms with E-state index in [1.54, 1.807) is 11.3 Å². The van der Waals surface area contributed by atoms with Crippen LogP contribution in [0.4, 0.5) is 0 Å². The Morgan fingerprint density at radius 1 is 1.25 bits per heavy atom. The van der Waals surface area contributed by atoms with E-state index in [0.717, 1.165) is 47.9 Å². The first-order valence-electron chi connectivity index (χ1n) is 10.2. The fourth-order valence-corrected chi connectivity index (χ4v) is 4.66. The van der Waals surface area contributed by atoms with Gasteiger partial charge in [0, 0.05) is 24.4 Å². The first-order chi connectivity index (χ1) is 13.7. The minimum Gasteiger partial charge on any atom is -0.488 e. The van der Waals surface area contributed by atoms with Crippen LogP contribution in [-0.2, 0) is 22.5 Å². The molecule has 5 nitrogen and oxygen atoms in total. The molecule has 2 aromatic rings. The number of carbonyl (C=O) groups excluding carboxylic acids is 1. The molecule has 1 aliphatic carbocycles. The SMILES string of the molecule is Cc1nc(CC(=O)N(Cc2ccc(O[C@H]3CCOC3)cc2)C2CCCC2)cs1. The molecule has 0 spiro atoms. The van der Waals surface area contributed by atoms with Gasteiger partial charge in [0.05, 0.1) is 30.3 Å². The summed E-state index contributed by atoms with van der Waals surface area (Å²) in [6.07, 6.45) is 6.12. The predicted octanol–water partition coefficient (Wildman–Crippen LogP) is 4.13. The van der Waals surface area contributed by atoms with E-state index in [1.165, 1.54) is 12.8 Å². The Morgan fingerprint density at radius 2 is 2.04 bits per heavy atom. The number of hydrogen-bond donors (Lipinski definition) is 0. The lowest BCUT2D eigenvalue weighted by Crippen LogP contribution is -2.39. The quantitative estimate of drug-likeness (QED) is 0.701. The second kappa shape index (κ2) is 9.05. The first-order valence-corrected chi connectivity index (χ1v) is 11.1. The van der Waals surface area contributed by atoms with Crippen LogP contribution >= 0.6 is 11.3 Å². The lowest BCUT2D eigenvalue weighted by molar-refractivity contribution is -0.133. The van der Waals surface area contributed by atoms with E-state index in [1.807, 2.05) is 24.4 Å². The van der Waals surface area contributed by atoms with Crippen molar-refractivity contribution in [1.29, 1.82) is 0 Å². The van der Waals surface area contributed by atoms with Gasteiger partial charge in [0.25, 0.3) is 0 Å². The smallest absolute Gasteiger partial charge is 0.229 e. The summed E-state index contributed by atoms with van der Waals surface area (Å²) < 4.78 is 11.3. The van der Waals surface area contributed by atoms with Crippen molar-refractivity contribution in [2.24, 2.45) is 0 Å². The molecule has 1 atom stereocenters. The maximum atomic E-state index is 13.1. The molecule has 1 amide bonds. The maximum absolute atomic E-state index is 13.1. The zero-order valence-electron chi connectivity index (χ0n) is 16.4. The number of aryl methyl sites for hydroxylation is 1. The molecule has 0 unspecified atom stereocenters. The average molecular weight is 401 g/mol. The highest BCUT2D eigenvalue weighted by molar-refractivity contribution is 7.09. The standard InChI is InChI=1S/C22H28N2O3S/c1-16-23-18(15-28-16)12-22(25)24(19-4-2-3-5-19)13-17-6-8-20(9-7-17)27-21-10-11-26-14-21/h6-9,15,19,21H,2-5,10-14H2,1H3/t21-/m0/s1. The lowest BCUT2D eigenvalue weighted by Gasteiger charge is -2.29. The van der Waals surface area contributed by atoms with E-state index in [0.29, 0.717) is 25.6 Å². The number of nitrogens with zero attached hydrogens (tertiary/aromatic N) is 2. The van der Waals surface area contributed by atoms with Crippen molar-refractivity contribution in [2.45, 2.75) is 64.1 Å². The van der Waals surface area contributed by atoms with Crippen LogP contribution in [-0.4, -0.2) is 41.2 Å². The maximum Gasteiger partial charge on any atom is 0.229 e. The minimum absolute atomic E-state index is 0.156. The number of amides is 1. The van der Waals surface area contributed by atoms with E-state index in [9.17, 15) is 4.79 Å². The van der Waals surface area contributed by atoms with Crippen LogP contribution in [0.25, 0.3) is 0 Å². The molecule has 150 valence electrons. The number of aromatic nitrogens is 1. The fraction of sp³-hybridized carbons (Fsp3) is 0.545. The molecule has 0 radical (unpaired) electrons. The molecule has 4 rings (SSSR count). The van der Waals surface area contributed by atoms with Crippen molar-refractivity contribution in [3.8, 4) is 5.75 Å². The largest absolute Gasteiger partial charge is 0.488 e. The van der Waals surface area contributed by atoms with Crippen molar-refractivity contribution in [3.05, 3.63) is 45.9 Å². The van der Waals surface area contributed by atoms with Gasteiger partial charge in [-0.25, -0.2) is 4.98 Å². The van der Waals surface area contributed by atoms with Crippen LogP contribution in [0.2, 0.25) is 0 Å². The molecule has 1 aliphatic heterocycles. The van der Waals surface area contributed by atoms with Gasteiger partial charge < -0.3 is 14.4 Å². The highest BCUT2D eigenvalue weighted by Gasteiger charge is 2.27. The van der Waals surface area contributed by atoms with Crippen LogP contribution in [0.15, 0.2) is 29.6 Å². The van der Waals surface area contributed by atoms with Crippen molar-refractivity contribution in [1.82, 2.24) is 9.88 Å². The highest BCUT2D eigenvalue weighted by Crippen LogP contribution is 2.27. The van der Waals surface area contributed by atoms with Gasteiger partial charge in [0.2, 0.25) is 5.91 Å².